The molecule has 31 heavy (non-hydrogen) atoms. The minimum atomic E-state index is -4.64. The van der Waals surface area contributed by atoms with Gasteiger partial charge >= 0.3 is 12.1 Å². The number of esters is 1. The number of alkyl halides is 3. The number of benzene rings is 2. The maximum Gasteiger partial charge on any atom is 0.419 e. The molecule has 2 atom stereocenters. The first-order valence-electron chi connectivity index (χ1n) is 9.80. The minimum Gasteiger partial charge on any atom is -0.508 e. The third kappa shape index (κ3) is 7.45. The van der Waals surface area contributed by atoms with E-state index in [0.29, 0.717) is 17.7 Å². The number of nitrogens with one attached hydrogen (secondary N) is 1. The number of aliphatic hydroxyl groups excluding tert-OH is 1. The molecule has 2 aromatic rings. The minimum absolute atomic E-state index is 0.0895. The second-order valence-electron chi connectivity index (χ2n) is 6.95. The van der Waals surface area contributed by atoms with Gasteiger partial charge in [-0.2, -0.15) is 13.2 Å². The van der Waals surface area contributed by atoms with Crippen molar-refractivity contribution in [3.05, 3.63) is 59.2 Å². The lowest BCUT2D eigenvalue weighted by Gasteiger charge is -2.21. The highest BCUT2D eigenvalue weighted by Crippen LogP contribution is 2.37. The van der Waals surface area contributed by atoms with Crippen molar-refractivity contribution in [2.24, 2.45) is 0 Å². The molecule has 0 aliphatic rings. The monoisotopic (exact) mass is 441 g/mol. The van der Waals surface area contributed by atoms with Crippen molar-refractivity contribution in [1.29, 1.82) is 0 Å². The summed E-state index contributed by atoms with van der Waals surface area (Å²) in [6.45, 7) is 3.18. The molecule has 0 spiro atoms. The van der Waals surface area contributed by atoms with Gasteiger partial charge in [-0.1, -0.05) is 18.2 Å². The van der Waals surface area contributed by atoms with Crippen LogP contribution in [0.2, 0.25) is 0 Å². The molecule has 0 unspecified atom stereocenters. The molecule has 0 fully saturated rings. The van der Waals surface area contributed by atoms with Gasteiger partial charge in [0, 0.05) is 6.04 Å². The molecule has 0 amide bonds. The number of aromatic hydroxyl groups is 1. The fourth-order valence-electron chi connectivity index (χ4n) is 2.94. The Balaban J connectivity index is 1.98. The zero-order chi connectivity index (χ0) is 23.0. The molecule has 2 rings (SSSR count). The predicted octanol–water partition coefficient (Wildman–Crippen LogP) is 3.61. The zero-order valence-electron chi connectivity index (χ0n) is 17.3. The Morgan fingerprint density at radius 1 is 1.16 bits per heavy atom. The Morgan fingerprint density at radius 2 is 1.84 bits per heavy atom. The maximum atomic E-state index is 13.4. The highest BCUT2D eigenvalue weighted by atomic mass is 19.4. The van der Waals surface area contributed by atoms with Crippen LogP contribution in [0.3, 0.4) is 0 Å². The van der Waals surface area contributed by atoms with Gasteiger partial charge in [0.1, 0.15) is 11.5 Å². The molecule has 0 saturated carbocycles. The molecule has 0 aliphatic carbocycles. The van der Waals surface area contributed by atoms with Crippen LogP contribution in [0.1, 0.15) is 36.6 Å². The van der Waals surface area contributed by atoms with Crippen LogP contribution in [0.15, 0.2) is 42.5 Å². The summed E-state index contributed by atoms with van der Waals surface area (Å²) in [7, 11) is 0. The van der Waals surface area contributed by atoms with Crippen LogP contribution in [0.5, 0.6) is 11.5 Å². The number of ether oxygens (including phenoxy) is 2. The van der Waals surface area contributed by atoms with Crippen LogP contribution in [-0.4, -0.2) is 42.0 Å². The molecule has 9 heteroatoms. The lowest BCUT2D eigenvalue weighted by molar-refractivity contribution is -0.147. The molecular formula is C22H26F3NO5. The normalized spacial score (nSPS) is 13.5. The number of carbonyl (C=O) groups is 1. The summed E-state index contributed by atoms with van der Waals surface area (Å²) in [4.78, 5) is 11.4. The molecule has 3 N–H and O–H groups in total. The quantitative estimate of drug-likeness (QED) is 0.489. The van der Waals surface area contributed by atoms with E-state index in [9.17, 15) is 28.2 Å². The van der Waals surface area contributed by atoms with Crippen LogP contribution < -0.4 is 10.1 Å². The Kier molecular flexibility index (Phi) is 8.70. The van der Waals surface area contributed by atoms with E-state index in [4.69, 9.17) is 4.74 Å². The third-order valence-corrected chi connectivity index (χ3v) is 4.59. The zero-order valence-corrected chi connectivity index (χ0v) is 17.3. The number of hydrogen-bond donors (Lipinski definition) is 3. The second-order valence-corrected chi connectivity index (χ2v) is 6.95. The molecule has 2 aromatic carbocycles. The first-order valence-corrected chi connectivity index (χ1v) is 9.80. The summed E-state index contributed by atoms with van der Waals surface area (Å²) >= 11 is 0. The van der Waals surface area contributed by atoms with Crippen molar-refractivity contribution in [1.82, 2.24) is 5.32 Å². The third-order valence-electron chi connectivity index (χ3n) is 4.59. The lowest BCUT2D eigenvalue weighted by Crippen LogP contribution is -2.33. The smallest absolute Gasteiger partial charge is 0.419 e. The van der Waals surface area contributed by atoms with E-state index in [2.05, 4.69) is 10.1 Å². The van der Waals surface area contributed by atoms with Crippen molar-refractivity contribution in [2.45, 2.75) is 38.6 Å². The summed E-state index contributed by atoms with van der Waals surface area (Å²) in [5.74, 6) is -1.09. The van der Waals surface area contributed by atoms with Crippen LogP contribution in [0, 0.1) is 0 Å². The Labute approximate surface area is 178 Å². The summed E-state index contributed by atoms with van der Waals surface area (Å²) in [6, 6.07) is 9.45. The molecule has 0 radical (unpaired) electrons. The van der Waals surface area contributed by atoms with E-state index in [1.54, 1.807) is 26.0 Å². The number of phenols is 1. The summed E-state index contributed by atoms with van der Waals surface area (Å²) in [5.41, 5.74) is 0.0707. The Morgan fingerprint density at radius 3 is 2.45 bits per heavy atom. The van der Waals surface area contributed by atoms with Crippen LogP contribution in [0.25, 0.3) is 0 Å². The molecule has 0 aliphatic heterocycles. The van der Waals surface area contributed by atoms with E-state index in [1.165, 1.54) is 24.3 Å². The van der Waals surface area contributed by atoms with Crippen LogP contribution in [-0.2, 0) is 22.1 Å². The lowest BCUT2D eigenvalue weighted by atomic mass is 10.0. The van der Waals surface area contributed by atoms with Gasteiger partial charge < -0.3 is 25.0 Å². The topological polar surface area (TPSA) is 88.0 Å². The van der Waals surface area contributed by atoms with E-state index in [0.717, 1.165) is 6.07 Å². The van der Waals surface area contributed by atoms with E-state index < -0.39 is 36.2 Å². The van der Waals surface area contributed by atoms with Gasteiger partial charge in [-0.25, -0.2) is 4.79 Å². The molecule has 0 saturated heterocycles. The number of hydrogen-bond acceptors (Lipinski definition) is 6. The fourth-order valence-corrected chi connectivity index (χ4v) is 2.94. The van der Waals surface area contributed by atoms with Crippen LogP contribution in [0.4, 0.5) is 13.2 Å². The van der Waals surface area contributed by atoms with Gasteiger partial charge in [0.05, 0.1) is 18.3 Å². The molecule has 0 bridgehead atoms. The standard InChI is InChI=1S/C22H26F3NO5/c1-3-30-20(28)13-31-19-9-4-15(12-18(19)22(23,24)25)10-11-26-14(2)21(29)16-5-7-17(27)8-6-16/h4-9,12,14,21,26-27,29H,3,10-11,13H2,1-2H3/t14-,21+/m0/s1. The van der Waals surface area contributed by atoms with Gasteiger partial charge in [0.2, 0.25) is 0 Å². The number of halogens is 3. The van der Waals surface area contributed by atoms with Crippen LogP contribution >= 0.6 is 0 Å². The number of rotatable bonds is 10. The average molecular weight is 441 g/mol. The van der Waals surface area contributed by atoms with Gasteiger partial charge in [-0.15, -0.1) is 0 Å². The Hall–Kier alpha value is -2.78. The van der Waals surface area contributed by atoms with Gasteiger partial charge in [-0.3, -0.25) is 0 Å². The molecule has 6 nitrogen and oxygen atoms in total. The maximum absolute atomic E-state index is 13.4. The first-order chi connectivity index (χ1) is 14.6. The van der Waals surface area contributed by atoms with E-state index in [1.807, 2.05) is 0 Å². The first kappa shape index (κ1) is 24.5. The summed E-state index contributed by atoms with van der Waals surface area (Å²) in [6.07, 6.45) is -5.20. The van der Waals surface area contributed by atoms with Crippen molar-refractivity contribution in [3.63, 3.8) is 0 Å². The number of aliphatic hydroxyl groups is 1. The van der Waals surface area contributed by atoms with Crippen molar-refractivity contribution >= 4 is 5.97 Å². The fraction of sp³-hybridized carbons (Fsp3) is 0.409. The SMILES string of the molecule is CCOC(=O)COc1ccc(CCN[C@@H](C)[C@@H](O)c2ccc(O)cc2)cc1C(F)(F)F. The summed E-state index contributed by atoms with van der Waals surface area (Å²) in [5, 5.41) is 22.8. The molecule has 170 valence electrons. The highest BCUT2D eigenvalue weighted by molar-refractivity contribution is 5.71. The van der Waals surface area contributed by atoms with Crippen molar-refractivity contribution < 1.29 is 37.7 Å². The highest BCUT2D eigenvalue weighted by Gasteiger charge is 2.35. The molecular weight excluding hydrogens is 415 g/mol. The molecule has 0 aromatic heterocycles. The van der Waals surface area contributed by atoms with Gasteiger partial charge in [-0.05, 0) is 62.2 Å². The van der Waals surface area contributed by atoms with Crippen molar-refractivity contribution in [3.8, 4) is 11.5 Å². The van der Waals surface area contributed by atoms with E-state index >= 15 is 0 Å². The van der Waals surface area contributed by atoms with Gasteiger partial charge in [0.15, 0.2) is 6.61 Å². The second kappa shape index (κ2) is 11.0. The number of phenolic OH excluding ortho intramolecular Hbond substituents is 1. The molecule has 0 heterocycles. The Bertz CT molecular complexity index is 855. The van der Waals surface area contributed by atoms with Crippen molar-refractivity contribution in [2.75, 3.05) is 19.8 Å². The van der Waals surface area contributed by atoms with E-state index in [-0.39, 0.29) is 24.8 Å². The van der Waals surface area contributed by atoms with Gasteiger partial charge in [0.25, 0.3) is 0 Å². The largest absolute Gasteiger partial charge is 0.508 e. The predicted molar refractivity (Wildman–Crippen MR) is 108 cm³/mol. The average Bonchev–Trinajstić information content (AvgIpc) is 2.72. The summed E-state index contributed by atoms with van der Waals surface area (Å²) < 4.78 is 49.9. The number of carbonyl (C=O) groups excluding carboxylic acids is 1.